The first-order valence-corrected chi connectivity index (χ1v) is 12.0. The van der Waals surface area contributed by atoms with E-state index in [-0.39, 0.29) is 18.2 Å². The van der Waals surface area contributed by atoms with E-state index in [1.54, 1.807) is 37.4 Å². The van der Waals surface area contributed by atoms with Crippen LogP contribution in [-0.2, 0) is 23.3 Å². The third-order valence-electron chi connectivity index (χ3n) is 4.87. The summed E-state index contributed by atoms with van der Waals surface area (Å²) in [4.78, 5) is 4.20. The number of anilines is 1. The molecular formula is C20H20ClN5O4S2. The van der Waals surface area contributed by atoms with Gasteiger partial charge in [-0.3, -0.25) is 0 Å². The Morgan fingerprint density at radius 3 is 2.62 bits per heavy atom. The molecule has 168 valence electrons. The number of ether oxygens (including phenoxy) is 2. The predicted octanol–water partition coefficient (Wildman–Crippen LogP) is 3.42. The summed E-state index contributed by atoms with van der Waals surface area (Å²) in [5, 5.41) is 5.03. The largest absolute Gasteiger partial charge is 0.497 e. The average Bonchev–Trinajstić information content (AvgIpc) is 3.43. The molecule has 2 aromatic carbocycles. The molecule has 2 N–H and O–H groups in total. The van der Waals surface area contributed by atoms with Gasteiger partial charge in [0.05, 0.1) is 38.7 Å². The van der Waals surface area contributed by atoms with E-state index in [1.807, 2.05) is 6.07 Å². The van der Waals surface area contributed by atoms with Crippen molar-refractivity contribution in [1.29, 1.82) is 0 Å². The van der Waals surface area contributed by atoms with Gasteiger partial charge in [0.1, 0.15) is 15.8 Å². The maximum atomic E-state index is 13.8. The Hall–Kier alpha value is -2.86. The predicted molar refractivity (Wildman–Crippen MR) is 125 cm³/mol. The van der Waals surface area contributed by atoms with Crippen molar-refractivity contribution in [2.75, 3.05) is 18.5 Å². The minimum Gasteiger partial charge on any atom is -0.497 e. The quantitative estimate of drug-likeness (QED) is 0.400. The Morgan fingerprint density at radius 2 is 1.97 bits per heavy atom. The summed E-state index contributed by atoms with van der Waals surface area (Å²) in [5.41, 5.74) is 7.63. The lowest BCUT2D eigenvalue weighted by Crippen LogP contribution is -2.36. The number of methoxy groups -OCH3 is 2. The van der Waals surface area contributed by atoms with Gasteiger partial charge < -0.3 is 15.2 Å². The highest BCUT2D eigenvalue weighted by molar-refractivity contribution is 7.91. The summed E-state index contributed by atoms with van der Waals surface area (Å²) in [6.07, 6.45) is 2.90. The minimum absolute atomic E-state index is 0.0583. The lowest BCUT2D eigenvalue weighted by atomic mass is 10.1. The summed E-state index contributed by atoms with van der Waals surface area (Å²) in [5.74, 6) is 1.06. The molecule has 0 fully saturated rings. The summed E-state index contributed by atoms with van der Waals surface area (Å²) < 4.78 is 40.8. The van der Waals surface area contributed by atoms with Gasteiger partial charge in [-0.05, 0) is 23.8 Å². The molecule has 0 aliphatic rings. The van der Waals surface area contributed by atoms with Gasteiger partial charge >= 0.3 is 10.2 Å². The molecule has 9 nitrogen and oxygen atoms in total. The van der Waals surface area contributed by atoms with Crippen LogP contribution < -0.4 is 19.5 Å². The SMILES string of the molecule is COc1ccc(CN(c2ncc(Cl)s2)S(=O)(=O)n2ncc3c(CN)cccc32)c(OC)c1. The number of nitrogens with zero attached hydrogens (tertiary/aromatic N) is 4. The third-order valence-corrected chi connectivity index (χ3v) is 7.72. The molecule has 4 aromatic rings. The van der Waals surface area contributed by atoms with Crippen molar-refractivity contribution >= 4 is 49.2 Å². The summed E-state index contributed by atoms with van der Waals surface area (Å²) in [7, 11) is -1.14. The smallest absolute Gasteiger partial charge is 0.348 e. The van der Waals surface area contributed by atoms with Gasteiger partial charge in [0, 0.05) is 23.6 Å². The molecule has 0 bridgehead atoms. The number of aromatic nitrogens is 3. The number of fused-ring (bicyclic) bond motifs is 1. The first-order chi connectivity index (χ1) is 15.4. The molecule has 0 amide bonds. The van der Waals surface area contributed by atoms with Gasteiger partial charge in [-0.2, -0.15) is 13.5 Å². The summed E-state index contributed by atoms with van der Waals surface area (Å²) >= 11 is 7.12. The fourth-order valence-corrected chi connectivity index (χ4v) is 5.80. The normalized spacial score (nSPS) is 11.6. The second-order valence-corrected chi connectivity index (χ2v) is 10.0. The third kappa shape index (κ3) is 3.99. The van der Waals surface area contributed by atoms with E-state index in [2.05, 4.69) is 10.1 Å². The molecule has 0 atom stereocenters. The van der Waals surface area contributed by atoms with Crippen molar-refractivity contribution in [3.63, 3.8) is 0 Å². The fourth-order valence-electron chi connectivity index (χ4n) is 3.29. The fraction of sp³-hybridized carbons (Fsp3) is 0.200. The van der Waals surface area contributed by atoms with Crippen LogP contribution in [-0.4, -0.2) is 36.8 Å². The van der Waals surface area contributed by atoms with E-state index in [0.717, 1.165) is 25.3 Å². The van der Waals surface area contributed by atoms with Crippen molar-refractivity contribution in [2.45, 2.75) is 13.1 Å². The Morgan fingerprint density at radius 1 is 1.16 bits per heavy atom. The van der Waals surface area contributed by atoms with Crippen LogP contribution in [0.2, 0.25) is 4.34 Å². The molecule has 0 radical (unpaired) electrons. The van der Waals surface area contributed by atoms with Crippen LogP contribution >= 0.6 is 22.9 Å². The number of halogens is 1. The van der Waals surface area contributed by atoms with Crippen molar-refractivity contribution < 1.29 is 17.9 Å². The second kappa shape index (κ2) is 8.94. The number of hydrogen-bond donors (Lipinski definition) is 1. The zero-order valence-corrected chi connectivity index (χ0v) is 19.6. The Kier molecular flexibility index (Phi) is 6.24. The monoisotopic (exact) mass is 493 g/mol. The lowest BCUT2D eigenvalue weighted by molar-refractivity contribution is 0.391. The zero-order valence-electron chi connectivity index (χ0n) is 17.2. The first kappa shape index (κ1) is 22.3. The van der Waals surface area contributed by atoms with Crippen LogP contribution in [0.1, 0.15) is 11.1 Å². The molecule has 2 heterocycles. The molecule has 32 heavy (non-hydrogen) atoms. The van der Waals surface area contributed by atoms with Crippen molar-refractivity contribution in [3.8, 4) is 11.5 Å². The van der Waals surface area contributed by atoms with Crippen LogP contribution in [0, 0.1) is 0 Å². The van der Waals surface area contributed by atoms with Crippen molar-refractivity contribution in [1.82, 2.24) is 14.2 Å². The zero-order chi connectivity index (χ0) is 22.9. The standard InChI is InChI=1S/C20H20ClN5O4S2/c1-29-15-7-6-14(18(8-15)30-2)12-25(20-23-11-19(21)31-20)32(27,28)26-17-5-3-4-13(9-22)16(17)10-24-26/h3-8,10-11H,9,12,22H2,1-2H3. The highest BCUT2D eigenvalue weighted by Gasteiger charge is 2.30. The van der Waals surface area contributed by atoms with Gasteiger partial charge in [0.15, 0.2) is 0 Å². The number of rotatable bonds is 8. The molecule has 12 heteroatoms. The van der Waals surface area contributed by atoms with Gasteiger partial charge in [-0.25, -0.2) is 9.29 Å². The van der Waals surface area contributed by atoms with Crippen LogP contribution in [0.3, 0.4) is 0 Å². The van der Waals surface area contributed by atoms with Gasteiger partial charge in [0.25, 0.3) is 0 Å². The maximum Gasteiger partial charge on any atom is 0.348 e. The van der Waals surface area contributed by atoms with Gasteiger partial charge in [-0.1, -0.05) is 35.1 Å². The molecule has 0 saturated heterocycles. The number of benzene rings is 2. The van der Waals surface area contributed by atoms with Crippen LogP contribution in [0.15, 0.2) is 48.8 Å². The molecule has 4 rings (SSSR count). The first-order valence-electron chi connectivity index (χ1n) is 9.40. The van der Waals surface area contributed by atoms with E-state index in [0.29, 0.717) is 32.3 Å². The minimum atomic E-state index is -4.19. The maximum absolute atomic E-state index is 13.8. The van der Waals surface area contributed by atoms with E-state index in [4.69, 9.17) is 26.8 Å². The highest BCUT2D eigenvalue weighted by atomic mass is 35.5. The molecule has 0 spiro atoms. The van der Waals surface area contributed by atoms with Crippen LogP contribution in [0.4, 0.5) is 5.13 Å². The van der Waals surface area contributed by atoms with Gasteiger partial charge in [-0.15, -0.1) is 4.09 Å². The topological polar surface area (TPSA) is 113 Å². The number of thiazole rings is 1. The average molecular weight is 494 g/mol. The molecule has 0 aliphatic heterocycles. The van der Waals surface area contributed by atoms with E-state index >= 15 is 0 Å². The van der Waals surface area contributed by atoms with E-state index in [1.165, 1.54) is 19.5 Å². The highest BCUT2D eigenvalue weighted by Crippen LogP contribution is 2.34. The van der Waals surface area contributed by atoms with Gasteiger partial charge in [0.2, 0.25) is 5.13 Å². The van der Waals surface area contributed by atoms with Crippen molar-refractivity contribution in [3.05, 3.63) is 64.3 Å². The molecule has 0 unspecified atom stereocenters. The van der Waals surface area contributed by atoms with Crippen LogP contribution in [0.25, 0.3) is 10.9 Å². The molecule has 0 saturated carbocycles. The molecular weight excluding hydrogens is 474 g/mol. The summed E-state index contributed by atoms with van der Waals surface area (Å²) in [6.45, 7) is 0.204. The summed E-state index contributed by atoms with van der Waals surface area (Å²) in [6, 6.07) is 10.4. The lowest BCUT2D eigenvalue weighted by Gasteiger charge is -2.23. The molecule has 0 aliphatic carbocycles. The Labute approximate surface area is 194 Å². The van der Waals surface area contributed by atoms with Crippen molar-refractivity contribution in [2.24, 2.45) is 5.73 Å². The molecule has 2 aromatic heterocycles. The van der Waals surface area contributed by atoms with E-state index in [9.17, 15) is 8.42 Å². The number of nitrogens with two attached hydrogens (primary N) is 1. The Bertz CT molecular complexity index is 1370. The Balaban J connectivity index is 1.85. The van der Waals surface area contributed by atoms with Crippen LogP contribution in [0.5, 0.6) is 11.5 Å². The van der Waals surface area contributed by atoms with E-state index < -0.39 is 10.2 Å². The second-order valence-electron chi connectivity index (χ2n) is 6.68. The number of hydrogen-bond acceptors (Lipinski definition) is 8.